The number of benzene rings is 1. The van der Waals surface area contributed by atoms with Gasteiger partial charge in [0.15, 0.2) is 0 Å². The van der Waals surface area contributed by atoms with E-state index in [0.29, 0.717) is 42.8 Å². The molecule has 1 saturated carbocycles. The molecule has 1 N–H and O–H groups in total. The number of hydrogen-bond donors (Lipinski definition) is 1. The van der Waals surface area contributed by atoms with Crippen LogP contribution in [0.3, 0.4) is 0 Å². The van der Waals surface area contributed by atoms with Gasteiger partial charge < -0.3 is 19.5 Å². The van der Waals surface area contributed by atoms with E-state index in [2.05, 4.69) is 4.98 Å². The SMILES string of the molecule is COC(=O)c1cccc(O[C@@H]2C[C@@H]3CN(C(=O)c4ccc(C)nc4)C[C@@H]3C[C@H]2O)c1. The number of fused-ring (bicyclic) bond motifs is 1. The standard InChI is InChI=1S/C23H26N2O5/c1-14-6-7-16(11-24-14)22(27)25-12-17-9-20(26)21(10-18(17)13-25)30-19-5-3-4-15(8-19)23(28)29-2/h3-8,11,17-18,20-21,26H,9-10,12-13H2,1-2H3/t17-,18+,20+,21+/m0/s1. The molecule has 2 aromatic rings. The topological polar surface area (TPSA) is 89.0 Å². The van der Waals surface area contributed by atoms with Gasteiger partial charge in [-0.3, -0.25) is 9.78 Å². The Morgan fingerprint density at radius 2 is 1.87 bits per heavy atom. The normalized spacial score (nSPS) is 25.5. The maximum absolute atomic E-state index is 12.8. The maximum atomic E-state index is 12.8. The minimum atomic E-state index is -0.621. The molecule has 2 aliphatic rings. The van der Waals surface area contributed by atoms with Crippen LogP contribution in [0.25, 0.3) is 0 Å². The molecule has 1 aromatic heterocycles. The van der Waals surface area contributed by atoms with Crippen molar-refractivity contribution in [2.75, 3.05) is 20.2 Å². The van der Waals surface area contributed by atoms with Gasteiger partial charge in [0.25, 0.3) is 5.91 Å². The average Bonchev–Trinajstić information content (AvgIpc) is 3.16. The zero-order valence-electron chi connectivity index (χ0n) is 17.2. The number of esters is 1. The van der Waals surface area contributed by atoms with Gasteiger partial charge in [0.2, 0.25) is 0 Å². The third-order valence-corrected chi connectivity index (χ3v) is 6.07. The number of nitrogens with zero attached hydrogens (tertiary/aromatic N) is 2. The smallest absolute Gasteiger partial charge is 0.337 e. The average molecular weight is 410 g/mol. The number of aromatic nitrogens is 1. The summed E-state index contributed by atoms with van der Waals surface area (Å²) in [7, 11) is 1.33. The third-order valence-electron chi connectivity index (χ3n) is 6.07. The molecule has 4 atom stereocenters. The Morgan fingerprint density at radius 1 is 1.10 bits per heavy atom. The van der Waals surface area contributed by atoms with Gasteiger partial charge in [-0.25, -0.2) is 4.79 Å². The van der Waals surface area contributed by atoms with Gasteiger partial charge in [0.05, 0.1) is 24.3 Å². The van der Waals surface area contributed by atoms with Crippen molar-refractivity contribution in [1.29, 1.82) is 0 Å². The summed E-state index contributed by atoms with van der Waals surface area (Å²) in [5.74, 6) is 0.597. The van der Waals surface area contributed by atoms with Crippen molar-refractivity contribution in [1.82, 2.24) is 9.88 Å². The number of ether oxygens (including phenoxy) is 2. The molecule has 0 spiro atoms. The number of pyridine rings is 1. The number of aliphatic hydroxyl groups is 1. The molecule has 1 saturated heterocycles. The predicted molar refractivity (Wildman–Crippen MR) is 109 cm³/mol. The van der Waals surface area contributed by atoms with Crippen LogP contribution >= 0.6 is 0 Å². The molecule has 30 heavy (non-hydrogen) atoms. The monoisotopic (exact) mass is 410 g/mol. The van der Waals surface area contributed by atoms with E-state index in [1.165, 1.54) is 7.11 Å². The van der Waals surface area contributed by atoms with Crippen LogP contribution in [-0.4, -0.2) is 59.3 Å². The third kappa shape index (κ3) is 4.16. The maximum Gasteiger partial charge on any atom is 0.337 e. The molecule has 2 fully saturated rings. The van der Waals surface area contributed by atoms with E-state index in [1.807, 2.05) is 24.0 Å². The van der Waals surface area contributed by atoms with E-state index in [4.69, 9.17) is 9.47 Å². The molecule has 7 nitrogen and oxygen atoms in total. The number of amides is 1. The van der Waals surface area contributed by atoms with Crippen molar-refractivity contribution in [2.24, 2.45) is 11.8 Å². The summed E-state index contributed by atoms with van der Waals surface area (Å²) in [6.07, 6.45) is 1.86. The highest BCUT2D eigenvalue weighted by molar-refractivity contribution is 5.94. The summed E-state index contributed by atoms with van der Waals surface area (Å²) in [5, 5.41) is 10.6. The zero-order chi connectivity index (χ0) is 21.3. The summed E-state index contributed by atoms with van der Waals surface area (Å²) in [6, 6.07) is 10.4. The Balaban J connectivity index is 1.42. The Kier molecular flexibility index (Phi) is 5.72. The molecule has 1 aliphatic carbocycles. The molecule has 1 aromatic carbocycles. The Labute approximate surface area is 175 Å². The molecular formula is C23H26N2O5. The highest BCUT2D eigenvalue weighted by Gasteiger charge is 2.44. The van der Waals surface area contributed by atoms with Crippen LogP contribution in [0, 0.1) is 18.8 Å². The molecule has 2 heterocycles. The van der Waals surface area contributed by atoms with Crippen molar-refractivity contribution in [3.63, 3.8) is 0 Å². The lowest BCUT2D eigenvalue weighted by molar-refractivity contribution is -0.0231. The van der Waals surface area contributed by atoms with Crippen LogP contribution in [0.15, 0.2) is 42.6 Å². The first-order valence-electron chi connectivity index (χ1n) is 10.2. The van der Waals surface area contributed by atoms with Crippen molar-refractivity contribution in [3.8, 4) is 5.75 Å². The quantitative estimate of drug-likeness (QED) is 0.779. The number of hydrogen-bond acceptors (Lipinski definition) is 6. The Hall–Kier alpha value is -2.93. The second kappa shape index (κ2) is 8.44. The van der Waals surface area contributed by atoms with E-state index in [9.17, 15) is 14.7 Å². The van der Waals surface area contributed by atoms with E-state index in [0.717, 1.165) is 5.69 Å². The van der Waals surface area contributed by atoms with Gasteiger partial charge in [0.1, 0.15) is 11.9 Å². The fourth-order valence-corrected chi connectivity index (χ4v) is 4.45. The summed E-state index contributed by atoms with van der Waals surface area (Å²) in [6.45, 7) is 3.17. The minimum absolute atomic E-state index is 0.0189. The van der Waals surface area contributed by atoms with Gasteiger partial charge in [-0.1, -0.05) is 6.07 Å². The molecule has 4 rings (SSSR count). The lowest BCUT2D eigenvalue weighted by atomic mass is 9.78. The first-order chi connectivity index (χ1) is 14.4. The Morgan fingerprint density at radius 3 is 2.57 bits per heavy atom. The highest BCUT2D eigenvalue weighted by Crippen LogP contribution is 2.38. The largest absolute Gasteiger partial charge is 0.488 e. The summed E-state index contributed by atoms with van der Waals surface area (Å²) < 4.78 is 10.8. The number of aryl methyl sites for hydroxylation is 1. The van der Waals surface area contributed by atoms with Crippen LogP contribution in [0.2, 0.25) is 0 Å². The second-order valence-corrected chi connectivity index (χ2v) is 8.13. The number of rotatable bonds is 4. The first-order valence-corrected chi connectivity index (χ1v) is 10.2. The fraction of sp³-hybridized carbons (Fsp3) is 0.435. The molecule has 7 heteroatoms. The molecule has 1 amide bonds. The van der Waals surface area contributed by atoms with E-state index >= 15 is 0 Å². The van der Waals surface area contributed by atoms with Crippen molar-refractivity contribution in [2.45, 2.75) is 32.0 Å². The number of likely N-dealkylation sites (tertiary alicyclic amines) is 1. The Bertz CT molecular complexity index is 929. The lowest BCUT2D eigenvalue weighted by Gasteiger charge is -2.35. The summed E-state index contributed by atoms with van der Waals surface area (Å²) in [5.41, 5.74) is 1.87. The van der Waals surface area contributed by atoms with Crippen molar-refractivity contribution >= 4 is 11.9 Å². The molecule has 158 valence electrons. The van der Waals surface area contributed by atoms with E-state index in [1.54, 1.807) is 30.5 Å². The molecule has 0 bridgehead atoms. The lowest BCUT2D eigenvalue weighted by Crippen LogP contribution is -2.42. The van der Waals surface area contributed by atoms with Gasteiger partial charge in [0, 0.05) is 25.0 Å². The van der Waals surface area contributed by atoms with Crippen LogP contribution in [0.5, 0.6) is 5.75 Å². The summed E-state index contributed by atoms with van der Waals surface area (Å²) >= 11 is 0. The highest BCUT2D eigenvalue weighted by atomic mass is 16.5. The van der Waals surface area contributed by atoms with Crippen molar-refractivity contribution < 1.29 is 24.2 Å². The first kappa shape index (κ1) is 20.3. The van der Waals surface area contributed by atoms with Crippen LogP contribution in [-0.2, 0) is 4.74 Å². The number of carbonyl (C=O) groups is 2. The molecular weight excluding hydrogens is 384 g/mol. The van der Waals surface area contributed by atoms with Gasteiger partial charge in [-0.2, -0.15) is 0 Å². The minimum Gasteiger partial charge on any atom is -0.488 e. The predicted octanol–water partition coefficient (Wildman–Crippen LogP) is 2.47. The van der Waals surface area contributed by atoms with Crippen LogP contribution in [0.1, 0.15) is 39.3 Å². The molecule has 0 radical (unpaired) electrons. The molecule has 0 unspecified atom stereocenters. The van der Waals surface area contributed by atoms with E-state index in [-0.39, 0.29) is 23.8 Å². The van der Waals surface area contributed by atoms with E-state index < -0.39 is 12.1 Å². The van der Waals surface area contributed by atoms with Gasteiger partial charge in [-0.15, -0.1) is 0 Å². The van der Waals surface area contributed by atoms with Crippen LogP contribution in [0.4, 0.5) is 0 Å². The van der Waals surface area contributed by atoms with Crippen LogP contribution < -0.4 is 4.74 Å². The molecule has 1 aliphatic heterocycles. The fourth-order valence-electron chi connectivity index (χ4n) is 4.45. The van der Waals surface area contributed by atoms with Gasteiger partial charge in [-0.05, 0) is 61.9 Å². The van der Waals surface area contributed by atoms with Gasteiger partial charge >= 0.3 is 5.97 Å². The second-order valence-electron chi connectivity index (χ2n) is 8.13. The zero-order valence-corrected chi connectivity index (χ0v) is 17.2. The number of aliphatic hydroxyl groups excluding tert-OH is 1. The number of carbonyl (C=O) groups excluding carboxylic acids is 2. The van der Waals surface area contributed by atoms with Crippen molar-refractivity contribution in [3.05, 3.63) is 59.4 Å². The summed E-state index contributed by atoms with van der Waals surface area (Å²) in [4.78, 5) is 30.6. The number of methoxy groups -OCH3 is 1.